The van der Waals surface area contributed by atoms with Crippen molar-refractivity contribution in [2.24, 2.45) is 0 Å². The van der Waals surface area contributed by atoms with E-state index in [1.807, 2.05) is 6.07 Å². The summed E-state index contributed by atoms with van der Waals surface area (Å²) < 4.78 is 36.6. The van der Waals surface area contributed by atoms with Crippen LogP contribution in [0.3, 0.4) is 0 Å². The number of ether oxygens (including phenoxy) is 2. The molecule has 0 aliphatic carbocycles. The number of rotatable bonds is 10. The van der Waals surface area contributed by atoms with E-state index >= 15 is 0 Å². The van der Waals surface area contributed by atoms with Crippen molar-refractivity contribution in [3.05, 3.63) is 62.0 Å². The molecule has 10 heteroatoms. The van der Waals surface area contributed by atoms with Crippen LogP contribution in [-0.4, -0.2) is 37.3 Å². The zero-order valence-corrected chi connectivity index (χ0v) is 17.6. The summed E-state index contributed by atoms with van der Waals surface area (Å²) in [6.07, 6.45) is 3.33. The number of carbonyl (C=O) groups is 1. The van der Waals surface area contributed by atoms with E-state index in [4.69, 9.17) is 4.74 Å². The molecule has 0 saturated carbocycles. The van der Waals surface area contributed by atoms with Gasteiger partial charge in [0.25, 0.3) is 11.5 Å². The minimum absolute atomic E-state index is 0.0917. The van der Waals surface area contributed by atoms with Crippen LogP contribution in [0.25, 0.3) is 11.6 Å². The number of para-hydroxylation sites is 1. The molecule has 2 aromatic rings. The molecule has 0 spiro atoms. The Hall–Kier alpha value is -3.29. The molecule has 1 amide bonds. The van der Waals surface area contributed by atoms with Gasteiger partial charge in [0.2, 0.25) is 0 Å². The fourth-order valence-corrected chi connectivity index (χ4v) is 3.79. The second-order valence-corrected chi connectivity index (χ2v) is 7.15. The van der Waals surface area contributed by atoms with Crippen LogP contribution in [0.2, 0.25) is 0 Å². The van der Waals surface area contributed by atoms with E-state index in [1.54, 1.807) is 6.07 Å². The third kappa shape index (κ3) is 6.34. The number of halogens is 2. The van der Waals surface area contributed by atoms with Crippen molar-refractivity contribution in [1.82, 2.24) is 9.88 Å². The number of hydrogen-bond donors (Lipinski definition) is 1. The zero-order valence-electron chi connectivity index (χ0n) is 16.8. The lowest BCUT2D eigenvalue weighted by atomic mass is 10.2. The highest BCUT2D eigenvalue weighted by atomic mass is 32.1. The highest BCUT2D eigenvalue weighted by molar-refractivity contribution is 7.07. The summed E-state index contributed by atoms with van der Waals surface area (Å²) >= 11 is 0.926. The first-order chi connectivity index (χ1) is 14.9. The average molecular weight is 449 g/mol. The molecule has 0 aliphatic rings. The summed E-state index contributed by atoms with van der Waals surface area (Å²) in [5.74, 6) is -0.733. The number of amides is 1. The molecule has 1 aromatic carbocycles. The summed E-state index contributed by atoms with van der Waals surface area (Å²) in [5, 5.41) is 12.1. The molecule has 1 heterocycles. The fraction of sp³-hybridized carbons (Fsp3) is 0.286. The van der Waals surface area contributed by atoms with Crippen LogP contribution < -0.4 is 24.8 Å². The lowest BCUT2D eigenvalue weighted by Gasteiger charge is -2.06. The molecule has 0 fully saturated rings. The topological polar surface area (TPSA) is 93.4 Å². The van der Waals surface area contributed by atoms with Crippen molar-refractivity contribution in [2.75, 3.05) is 20.3 Å². The van der Waals surface area contributed by atoms with Gasteiger partial charge in [-0.25, -0.2) is 0 Å². The number of aromatic nitrogens is 1. The van der Waals surface area contributed by atoms with Gasteiger partial charge in [-0.3, -0.25) is 14.2 Å². The van der Waals surface area contributed by atoms with E-state index in [0.29, 0.717) is 13.0 Å². The second-order valence-electron chi connectivity index (χ2n) is 6.12. The number of carbonyl (C=O) groups excluding carboxylic acids is 1. The van der Waals surface area contributed by atoms with Gasteiger partial charge >= 0.3 is 6.61 Å². The van der Waals surface area contributed by atoms with Gasteiger partial charge in [0.05, 0.1) is 4.53 Å². The molecule has 1 N–H and O–H groups in total. The predicted molar refractivity (Wildman–Crippen MR) is 113 cm³/mol. The molecule has 0 saturated heterocycles. The Labute approximate surface area is 181 Å². The van der Waals surface area contributed by atoms with Gasteiger partial charge in [-0.15, -0.1) is 17.9 Å². The largest absolute Gasteiger partial charge is 0.434 e. The summed E-state index contributed by atoms with van der Waals surface area (Å²) in [4.78, 5) is 25.4. The smallest absolute Gasteiger partial charge is 0.387 e. The van der Waals surface area contributed by atoms with E-state index in [2.05, 4.69) is 16.6 Å². The van der Waals surface area contributed by atoms with Crippen LogP contribution in [0.4, 0.5) is 8.78 Å². The fourth-order valence-electron chi connectivity index (χ4n) is 2.67. The summed E-state index contributed by atoms with van der Waals surface area (Å²) in [6, 6.07) is 7.89. The standard InChI is InChI=1S/C21H21F2N3O4S/c1-3-9-25-18(27)15(13-24)20-26(10-6-11-29-2)19(28)17(31-20)12-14-7-4-5-8-16(14)30-21(22)23/h3-5,7-8,12,21H,1,6,9-11H2,2H3,(H,25,27)/b17-12+,20-15+. The molecular weight excluding hydrogens is 428 g/mol. The van der Waals surface area contributed by atoms with Gasteiger partial charge in [0, 0.05) is 32.4 Å². The van der Waals surface area contributed by atoms with Crippen molar-refractivity contribution >= 4 is 28.9 Å². The van der Waals surface area contributed by atoms with Gasteiger partial charge in [-0.05, 0) is 18.6 Å². The number of nitriles is 1. The first kappa shape index (κ1) is 24.0. The first-order valence-corrected chi connectivity index (χ1v) is 10.0. The maximum absolute atomic E-state index is 13.0. The Morgan fingerprint density at radius 2 is 2.16 bits per heavy atom. The van der Waals surface area contributed by atoms with Crippen molar-refractivity contribution in [3.8, 4) is 11.8 Å². The molecular formula is C21H21F2N3O4S. The number of nitrogens with one attached hydrogen (secondary N) is 1. The average Bonchev–Trinajstić information content (AvgIpc) is 3.03. The van der Waals surface area contributed by atoms with Crippen LogP contribution in [-0.2, 0) is 16.1 Å². The number of hydrogen-bond acceptors (Lipinski definition) is 6. The Morgan fingerprint density at radius 1 is 1.42 bits per heavy atom. The van der Waals surface area contributed by atoms with E-state index in [-0.39, 0.29) is 39.2 Å². The molecule has 1 aromatic heterocycles. The number of alkyl halides is 2. The minimum atomic E-state index is -3.02. The van der Waals surface area contributed by atoms with Crippen LogP contribution >= 0.6 is 11.3 Å². The maximum Gasteiger partial charge on any atom is 0.387 e. The van der Waals surface area contributed by atoms with E-state index in [9.17, 15) is 23.6 Å². The van der Waals surface area contributed by atoms with Crippen molar-refractivity contribution in [1.29, 1.82) is 5.26 Å². The monoisotopic (exact) mass is 449 g/mol. The van der Waals surface area contributed by atoms with E-state index in [0.717, 1.165) is 11.3 Å². The molecule has 0 atom stereocenters. The lowest BCUT2D eigenvalue weighted by Crippen LogP contribution is -2.35. The molecule has 0 bridgehead atoms. The third-order valence-electron chi connectivity index (χ3n) is 4.02. The number of methoxy groups -OCH3 is 1. The van der Waals surface area contributed by atoms with Crippen molar-refractivity contribution in [2.45, 2.75) is 19.6 Å². The molecule has 31 heavy (non-hydrogen) atoms. The predicted octanol–water partition coefficient (Wildman–Crippen LogP) is 1.35. The maximum atomic E-state index is 13.0. The lowest BCUT2D eigenvalue weighted by molar-refractivity contribution is -0.115. The Kier molecular flexibility index (Phi) is 9.12. The Bertz CT molecular complexity index is 1150. The van der Waals surface area contributed by atoms with Gasteiger partial charge < -0.3 is 14.8 Å². The highest BCUT2D eigenvalue weighted by Gasteiger charge is 2.16. The Balaban J connectivity index is 2.71. The number of benzene rings is 1. The normalized spacial score (nSPS) is 12.4. The first-order valence-electron chi connectivity index (χ1n) is 9.20. The van der Waals surface area contributed by atoms with Crippen molar-refractivity contribution in [3.63, 3.8) is 0 Å². The quantitative estimate of drug-likeness (QED) is 0.437. The van der Waals surface area contributed by atoms with Crippen molar-refractivity contribution < 1.29 is 23.0 Å². The SMILES string of the molecule is C=CCNC(=O)/C(C#N)=c1/s/c(=C/c2ccccc2OC(F)F)c(=O)n1CCCOC. The van der Waals surface area contributed by atoms with Gasteiger partial charge in [-0.1, -0.05) is 24.3 Å². The summed E-state index contributed by atoms with van der Waals surface area (Å²) in [7, 11) is 1.52. The molecule has 0 radical (unpaired) electrons. The van der Waals surface area contributed by atoms with Gasteiger partial charge in [-0.2, -0.15) is 14.0 Å². The highest BCUT2D eigenvalue weighted by Crippen LogP contribution is 2.20. The minimum Gasteiger partial charge on any atom is -0.434 e. The third-order valence-corrected chi connectivity index (χ3v) is 5.15. The molecule has 0 aliphatic heterocycles. The number of nitrogens with zero attached hydrogens (tertiary/aromatic N) is 2. The van der Waals surface area contributed by atoms with Crippen LogP contribution in [0.5, 0.6) is 5.75 Å². The molecule has 164 valence electrons. The number of thiazole rings is 1. The molecule has 2 rings (SSSR count). The zero-order chi connectivity index (χ0) is 22.8. The van der Waals surface area contributed by atoms with E-state index < -0.39 is 18.1 Å². The molecule has 0 unspecified atom stereocenters. The van der Waals surface area contributed by atoms with Crippen LogP contribution in [0, 0.1) is 11.3 Å². The molecule has 7 nitrogen and oxygen atoms in total. The summed E-state index contributed by atoms with van der Waals surface area (Å²) in [6.45, 7) is 1.22. The van der Waals surface area contributed by atoms with Gasteiger partial charge in [0.1, 0.15) is 16.5 Å². The van der Waals surface area contributed by atoms with Crippen LogP contribution in [0.15, 0.2) is 41.7 Å². The van der Waals surface area contributed by atoms with E-state index in [1.165, 1.54) is 42.0 Å². The van der Waals surface area contributed by atoms with Gasteiger partial charge in [0.15, 0.2) is 5.57 Å². The second kappa shape index (κ2) is 11.8. The van der Waals surface area contributed by atoms with Crippen LogP contribution in [0.1, 0.15) is 12.0 Å². The Morgan fingerprint density at radius 3 is 2.81 bits per heavy atom. The summed E-state index contributed by atoms with van der Waals surface area (Å²) in [5.41, 5.74) is -0.406.